The summed E-state index contributed by atoms with van der Waals surface area (Å²) < 4.78 is 12.3. The Bertz CT molecular complexity index is 1030. The first-order valence-electron chi connectivity index (χ1n) is 8.80. The molecular weight excluding hydrogens is 483 g/mol. The molecule has 6 nitrogen and oxygen atoms in total. The molecule has 0 aromatic heterocycles. The van der Waals surface area contributed by atoms with E-state index in [2.05, 4.69) is 27.6 Å². The minimum atomic E-state index is -0.423. The van der Waals surface area contributed by atoms with Crippen molar-refractivity contribution in [1.82, 2.24) is 0 Å². The number of nitrogens with zero attached hydrogens (tertiary/aromatic N) is 2. The van der Waals surface area contributed by atoms with E-state index < -0.39 is 4.92 Å². The zero-order valence-corrected chi connectivity index (χ0v) is 18.1. The molecule has 29 heavy (non-hydrogen) atoms. The third kappa shape index (κ3) is 5.54. The maximum atomic E-state index is 10.8. The minimum absolute atomic E-state index is 0.0538. The summed E-state index contributed by atoms with van der Waals surface area (Å²) in [6.07, 6.45) is 1.79. The van der Waals surface area contributed by atoms with E-state index in [1.54, 1.807) is 25.5 Å². The molecule has 0 amide bonds. The quantitative estimate of drug-likeness (QED) is 0.176. The molecule has 0 saturated carbocycles. The van der Waals surface area contributed by atoms with Gasteiger partial charge in [-0.15, -0.1) is 0 Å². The number of methoxy groups -OCH3 is 1. The molecule has 0 heterocycles. The van der Waals surface area contributed by atoms with E-state index in [1.807, 2.05) is 43.3 Å². The summed E-state index contributed by atoms with van der Waals surface area (Å²) in [6.45, 7) is 2.32. The van der Waals surface area contributed by atoms with Crippen molar-refractivity contribution in [2.24, 2.45) is 4.99 Å². The number of hydrogen-bond acceptors (Lipinski definition) is 5. The third-order valence-electron chi connectivity index (χ3n) is 4.18. The molecule has 0 aliphatic carbocycles. The van der Waals surface area contributed by atoms with E-state index in [9.17, 15) is 10.1 Å². The van der Waals surface area contributed by atoms with Gasteiger partial charge < -0.3 is 9.47 Å². The van der Waals surface area contributed by atoms with E-state index >= 15 is 0 Å². The summed E-state index contributed by atoms with van der Waals surface area (Å²) >= 11 is 2.19. The van der Waals surface area contributed by atoms with Gasteiger partial charge in [-0.1, -0.05) is 17.7 Å². The van der Waals surface area contributed by atoms with Gasteiger partial charge in [0.25, 0.3) is 5.69 Å². The van der Waals surface area contributed by atoms with Gasteiger partial charge in [-0.25, -0.2) is 0 Å². The summed E-state index contributed by atoms with van der Waals surface area (Å²) in [5, 5.41) is 10.8. The molecule has 0 saturated heterocycles. The van der Waals surface area contributed by atoms with Crippen LogP contribution in [0.3, 0.4) is 0 Å². The molecule has 0 N–H and O–H groups in total. The fraction of sp³-hybridized carbons (Fsp3) is 0.136. The van der Waals surface area contributed by atoms with Crippen molar-refractivity contribution < 1.29 is 14.4 Å². The van der Waals surface area contributed by atoms with E-state index in [0.29, 0.717) is 11.5 Å². The second-order valence-corrected chi connectivity index (χ2v) is 7.50. The first kappa shape index (κ1) is 20.8. The molecular formula is C22H19IN2O4. The van der Waals surface area contributed by atoms with Crippen molar-refractivity contribution in [3.63, 3.8) is 0 Å². The van der Waals surface area contributed by atoms with E-state index in [4.69, 9.17) is 9.47 Å². The number of ether oxygens (including phenoxy) is 2. The topological polar surface area (TPSA) is 74.0 Å². The van der Waals surface area contributed by atoms with Crippen LogP contribution in [0.4, 0.5) is 11.4 Å². The molecule has 148 valence electrons. The molecule has 0 fully saturated rings. The second-order valence-electron chi connectivity index (χ2n) is 6.34. The van der Waals surface area contributed by atoms with Gasteiger partial charge >= 0.3 is 0 Å². The highest BCUT2D eigenvalue weighted by atomic mass is 127. The lowest BCUT2D eigenvalue weighted by Gasteiger charge is -2.13. The molecule has 0 radical (unpaired) electrons. The summed E-state index contributed by atoms with van der Waals surface area (Å²) in [4.78, 5) is 14.8. The molecule has 3 aromatic rings. The highest BCUT2D eigenvalue weighted by Crippen LogP contribution is 2.34. The predicted octanol–water partition coefficient (Wildman–Crippen LogP) is 5.85. The zero-order valence-electron chi connectivity index (χ0n) is 16.0. The van der Waals surface area contributed by atoms with Crippen LogP contribution in [0, 0.1) is 20.6 Å². The first-order valence-corrected chi connectivity index (χ1v) is 9.88. The second kappa shape index (κ2) is 9.51. The van der Waals surface area contributed by atoms with Crippen molar-refractivity contribution in [1.29, 1.82) is 0 Å². The molecule has 0 spiro atoms. The van der Waals surface area contributed by atoms with Crippen molar-refractivity contribution in [3.8, 4) is 11.5 Å². The number of halogens is 1. The van der Waals surface area contributed by atoms with Crippen molar-refractivity contribution in [3.05, 3.63) is 91.0 Å². The monoisotopic (exact) mass is 502 g/mol. The van der Waals surface area contributed by atoms with Crippen molar-refractivity contribution >= 4 is 40.2 Å². The maximum Gasteiger partial charge on any atom is 0.269 e. The normalized spacial score (nSPS) is 10.9. The van der Waals surface area contributed by atoms with Gasteiger partial charge in [-0.2, -0.15) is 0 Å². The standard InChI is InChI=1S/C22H19IN2O4/c1-15-3-7-18(8-4-15)24-13-17-11-20(23)22(21(12-17)28-2)29-14-16-5-9-19(10-6-16)25(26)27/h3-13H,14H2,1-2H3. The number of rotatable bonds is 7. The van der Waals surface area contributed by atoms with Crippen LogP contribution in [0.2, 0.25) is 0 Å². The number of hydrogen-bond donors (Lipinski definition) is 0. The molecule has 0 aliphatic heterocycles. The Morgan fingerprint density at radius 3 is 2.41 bits per heavy atom. The SMILES string of the molecule is COc1cc(C=Nc2ccc(C)cc2)cc(I)c1OCc1ccc([N+](=O)[O-])cc1. The summed E-state index contributed by atoms with van der Waals surface area (Å²) in [5.41, 5.74) is 3.85. The number of nitro groups is 1. The van der Waals surface area contributed by atoms with E-state index in [1.165, 1.54) is 17.7 Å². The Labute approximate surface area is 182 Å². The van der Waals surface area contributed by atoms with Crippen molar-refractivity contribution in [2.75, 3.05) is 7.11 Å². The van der Waals surface area contributed by atoms with Gasteiger partial charge in [-0.05, 0) is 77.0 Å². The van der Waals surface area contributed by atoms with Gasteiger partial charge in [0, 0.05) is 18.3 Å². The molecule has 0 atom stereocenters. The van der Waals surface area contributed by atoms with Crippen LogP contribution < -0.4 is 9.47 Å². The Balaban J connectivity index is 1.75. The van der Waals surface area contributed by atoms with E-state index in [-0.39, 0.29) is 12.3 Å². The van der Waals surface area contributed by atoms with Crippen LogP contribution in [0.5, 0.6) is 11.5 Å². The lowest BCUT2D eigenvalue weighted by Crippen LogP contribution is -2.01. The number of aryl methyl sites for hydroxylation is 1. The zero-order chi connectivity index (χ0) is 20.8. The fourth-order valence-corrected chi connectivity index (χ4v) is 3.38. The fourth-order valence-electron chi connectivity index (χ4n) is 2.60. The lowest BCUT2D eigenvalue weighted by molar-refractivity contribution is -0.384. The minimum Gasteiger partial charge on any atom is -0.493 e. The van der Waals surface area contributed by atoms with Crippen LogP contribution in [0.15, 0.2) is 65.7 Å². The van der Waals surface area contributed by atoms with Gasteiger partial charge in [0.1, 0.15) is 6.61 Å². The van der Waals surface area contributed by atoms with Crippen LogP contribution in [0.25, 0.3) is 0 Å². The maximum absolute atomic E-state index is 10.8. The van der Waals surface area contributed by atoms with E-state index in [0.717, 1.165) is 20.4 Å². The number of non-ortho nitro benzene ring substituents is 1. The summed E-state index contributed by atoms with van der Waals surface area (Å²) in [6, 6.07) is 18.1. The molecule has 0 unspecified atom stereocenters. The van der Waals surface area contributed by atoms with Gasteiger partial charge in [0.15, 0.2) is 11.5 Å². The average Bonchev–Trinajstić information content (AvgIpc) is 2.72. The summed E-state index contributed by atoms with van der Waals surface area (Å²) in [7, 11) is 1.59. The van der Waals surface area contributed by atoms with Crippen LogP contribution in [-0.4, -0.2) is 18.2 Å². The Kier molecular flexibility index (Phi) is 6.82. The van der Waals surface area contributed by atoms with Gasteiger partial charge in [0.05, 0.1) is 21.3 Å². The smallest absolute Gasteiger partial charge is 0.269 e. The summed E-state index contributed by atoms with van der Waals surface area (Å²) in [5.74, 6) is 1.23. The number of nitro benzene ring substituents is 1. The predicted molar refractivity (Wildman–Crippen MR) is 122 cm³/mol. The molecule has 3 aromatic carbocycles. The highest BCUT2D eigenvalue weighted by molar-refractivity contribution is 14.1. The van der Waals surface area contributed by atoms with Crippen LogP contribution >= 0.6 is 22.6 Å². The first-order chi connectivity index (χ1) is 14.0. The Morgan fingerprint density at radius 1 is 1.10 bits per heavy atom. The Morgan fingerprint density at radius 2 is 1.79 bits per heavy atom. The highest BCUT2D eigenvalue weighted by Gasteiger charge is 2.12. The third-order valence-corrected chi connectivity index (χ3v) is 4.98. The Hall–Kier alpha value is -2.94. The number of benzene rings is 3. The van der Waals surface area contributed by atoms with Crippen LogP contribution in [0.1, 0.15) is 16.7 Å². The molecule has 0 bridgehead atoms. The largest absolute Gasteiger partial charge is 0.493 e. The molecule has 0 aliphatic rings. The number of aliphatic imine (C=N–C) groups is 1. The van der Waals surface area contributed by atoms with Gasteiger partial charge in [-0.3, -0.25) is 15.1 Å². The van der Waals surface area contributed by atoms with Crippen LogP contribution in [-0.2, 0) is 6.61 Å². The molecule has 7 heteroatoms. The lowest BCUT2D eigenvalue weighted by atomic mass is 10.2. The average molecular weight is 502 g/mol. The van der Waals surface area contributed by atoms with Gasteiger partial charge in [0.2, 0.25) is 0 Å². The molecule has 3 rings (SSSR count). The van der Waals surface area contributed by atoms with Crippen molar-refractivity contribution in [2.45, 2.75) is 13.5 Å².